The van der Waals surface area contributed by atoms with Crippen LogP contribution in [0.25, 0.3) is 6.08 Å². The minimum Gasteiger partial charge on any atom is -0.302 e. The Morgan fingerprint density at radius 3 is 2.63 bits per heavy atom. The van der Waals surface area contributed by atoms with E-state index < -0.39 is 0 Å². The lowest BCUT2D eigenvalue weighted by Gasteiger charge is -2.14. The summed E-state index contributed by atoms with van der Waals surface area (Å²) in [5.41, 5.74) is 3.46. The number of carbonyl (C=O) groups is 2. The van der Waals surface area contributed by atoms with Crippen molar-refractivity contribution in [2.45, 2.75) is 39.0 Å². The van der Waals surface area contributed by atoms with Crippen LogP contribution in [0, 0.1) is 6.92 Å². The van der Waals surface area contributed by atoms with Crippen molar-refractivity contribution < 1.29 is 9.59 Å². The van der Waals surface area contributed by atoms with Crippen molar-refractivity contribution in [1.82, 2.24) is 9.88 Å². The highest BCUT2D eigenvalue weighted by Crippen LogP contribution is 2.32. The molecule has 1 aliphatic rings. The second kappa shape index (κ2) is 12.2. The third kappa shape index (κ3) is 7.34. The smallest absolute Gasteiger partial charge is 0.266 e. The number of thiazole rings is 1. The molecule has 0 unspecified atom stereocenters. The van der Waals surface area contributed by atoms with E-state index in [1.807, 2.05) is 42.6 Å². The molecule has 180 valence electrons. The first-order valence-corrected chi connectivity index (χ1v) is 13.6. The molecule has 2 aromatic carbocycles. The molecular weight excluding hydrogens is 495 g/mol. The van der Waals surface area contributed by atoms with E-state index in [9.17, 15) is 9.59 Å². The number of nitrogens with zero attached hydrogens (tertiary/aromatic N) is 2. The van der Waals surface area contributed by atoms with E-state index in [0.29, 0.717) is 27.3 Å². The number of hydrogen-bond acceptors (Lipinski definition) is 6. The molecule has 5 nitrogen and oxygen atoms in total. The van der Waals surface area contributed by atoms with E-state index in [0.717, 1.165) is 36.1 Å². The van der Waals surface area contributed by atoms with Crippen molar-refractivity contribution in [2.75, 3.05) is 11.9 Å². The van der Waals surface area contributed by atoms with Gasteiger partial charge in [-0.25, -0.2) is 4.98 Å². The summed E-state index contributed by atoms with van der Waals surface area (Å²) in [6.45, 7) is 2.65. The van der Waals surface area contributed by atoms with Gasteiger partial charge in [0.2, 0.25) is 5.91 Å². The van der Waals surface area contributed by atoms with Crippen LogP contribution < -0.4 is 5.32 Å². The quantitative estimate of drug-likeness (QED) is 0.189. The number of thioether (sulfide) groups is 1. The van der Waals surface area contributed by atoms with Gasteiger partial charge in [-0.05, 0) is 37.0 Å². The van der Waals surface area contributed by atoms with Crippen molar-refractivity contribution in [3.8, 4) is 0 Å². The van der Waals surface area contributed by atoms with Gasteiger partial charge in [0, 0.05) is 30.5 Å². The summed E-state index contributed by atoms with van der Waals surface area (Å²) in [6, 6.07) is 18.2. The lowest BCUT2D eigenvalue weighted by molar-refractivity contribution is -0.122. The Bertz CT molecular complexity index is 1220. The first kappa shape index (κ1) is 25.3. The van der Waals surface area contributed by atoms with Gasteiger partial charge < -0.3 is 5.32 Å². The average molecular weight is 522 g/mol. The molecule has 35 heavy (non-hydrogen) atoms. The van der Waals surface area contributed by atoms with Gasteiger partial charge in [-0.15, -0.1) is 11.3 Å². The summed E-state index contributed by atoms with van der Waals surface area (Å²) in [7, 11) is 0. The van der Waals surface area contributed by atoms with E-state index in [4.69, 9.17) is 12.2 Å². The molecule has 1 aliphatic heterocycles. The van der Waals surface area contributed by atoms with Crippen LogP contribution in [-0.2, 0) is 16.0 Å². The monoisotopic (exact) mass is 521 g/mol. The second-order valence-corrected chi connectivity index (χ2v) is 11.2. The maximum absolute atomic E-state index is 12.7. The third-order valence-corrected chi connectivity index (χ3v) is 7.85. The molecule has 0 saturated carbocycles. The molecule has 0 radical (unpaired) electrons. The molecule has 8 heteroatoms. The van der Waals surface area contributed by atoms with Crippen molar-refractivity contribution in [3.05, 3.63) is 87.3 Å². The van der Waals surface area contributed by atoms with Crippen molar-refractivity contribution in [1.29, 1.82) is 0 Å². The number of carbonyl (C=O) groups excluding carboxylic acids is 2. The summed E-state index contributed by atoms with van der Waals surface area (Å²) < 4.78 is 0.597. The van der Waals surface area contributed by atoms with Gasteiger partial charge in [0.1, 0.15) is 4.32 Å². The van der Waals surface area contributed by atoms with Gasteiger partial charge in [0.05, 0.1) is 4.91 Å². The van der Waals surface area contributed by atoms with Crippen molar-refractivity contribution in [3.63, 3.8) is 0 Å². The number of amides is 2. The van der Waals surface area contributed by atoms with Crippen LogP contribution in [0.2, 0.25) is 0 Å². The molecule has 0 aliphatic carbocycles. The van der Waals surface area contributed by atoms with E-state index in [-0.39, 0.29) is 11.8 Å². The van der Waals surface area contributed by atoms with E-state index in [2.05, 4.69) is 41.5 Å². The molecular formula is C27H27N3O2S3. The average Bonchev–Trinajstić information content (AvgIpc) is 3.39. The topological polar surface area (TPSA) is 62.3 Å². The Kier molecular flexibility index (Phi) is 8.84. The number of anilines is 1. The lowest BCUT2D eigenvalue weighted by Crippen LogP contribution is -2.29. The van der Waals surface area contributed by atoms with E-state index >= 15 is 0 Å². The summed E-state index contributed by atoms with van der Waals surface area (Å²) in [6.07, 6.45) is 7.35. The highest BCUT2D eigenvalue weighted by molar-refractivity contribution is 8.26. The maximum Gasteiger partial charge on any atom is 0.266 e. The molecule has 1 N–H and O–H groups in total. The molecule has 2 heterocycles. The lowest BCUT2D eigenvalue weighted by atomic mass is 10.1. The maximum atomic E-state index is 12.7. The SMILES string of the molecule is Cc1ccc(Cc2cnc(NC(=O)CCCCCN3C(=O)C(=Cc4ccccc4)SC3=S)s2)cc1. The number of aromatic nitrogens is 1. The fourth-order valence-electron chi connectivity index (χ4n) is 3.66. The van der Waals surface area contributed by atoms with Gasteiger partial charge >= 0.3 is 0 Å². The highest BCUT2D eigenvalue weighted by Gasteiger charge is 2.31. The van der Waals surface area contributed by atoms with Crippen LogP contribution in [0.5, 0.6) is 0 Å². The fraction of sp³-hybridized carbons (Fsp3) is 0.259. The van der Waals surface area contributed by atoms with E-state index in [1.54, 1.807) is 4.90 Å². The zero-order chi connectivity index (χ0) is 24.6. The molecule has 0 spiro atoms. The predicted octanol–water partition coefficient (Wildman–Crippen LogP) is 6.44. The van der Waals surface area contributed by atoms with Crippen LogP contribution in [0.15, 0.2) is 65.7 Å². The summed E-state index contributed by atoms with van der Waals surface area (Å²) in [5.74, 6) is -0.0653. The van der Waals surface area contributed by atoms with Gasteiger partial charge in [-0.3, -0.25) is 14.5 Å². The highest BCUT2D eigenvalue weighted by atomic mass is 32.2. The molecule has 1 fully saturated rings. The summed E-state index contributed by atoms with van der Waals surface area (Å²) >= 11 is 8.27. The first-order valence-electron chi connectivity index (χ1n) is 11.6. The Morgan fingerprint density at radius 1 is 1.09 bits per heavy atom. The van der Waals surface area contributed by atoms with Crippen LogP contribution in [0.4, 0.5) is 5.13 Å². The fourth-order valence-corrected chi connectivity index (χ4v) is 5.83. The van der Waals surface area contributed by atoms with E-state index in [1.165, 1.54) is 34.2 Å². The molecule has 2 amide bonds. The number of nitrogens with one attached hydrogen (secondary N) is 1. The predicted molar refractivity (Wildman–Crippen MR) is 150 cm³/mol. The standard InChI is InChI=1S/C27H27N3O2S3/c1-19-11-13-21(14-12-19)16-22-18-28-26(34-22)29-24(31)10-6-3-7-15-30-25(32)23(35-27(30)33)17-20-8-4-2-5-9-20/h2,4-5,8-9,11-14,17-18H,3,6-7,10,15-16H2,1H3,(H,28,29,31). The Hall–Kier alpha value is -2.81. The minimum absolute atomic E-state index is 0.0300. The Balaban J connectivity index is 1.16. The molecule has 0 atom stereocenters. The first-order chi connectivity index (χ1) is 17.0. The zero-order valence-electron chi connectivity index (χ0n) is 19.5. The number of hydrogen-bond donors (Lipinski definition) is 1. The van der Waals surface area contributed by atoms with Crippen LogP contribution in [0.3, 0.4) is 0 Å². The third-order valence-electron chi connectivity index (χ3n) is 5.56. The number of unbranched alkanes of at least 4 members (excludes halogenated alkanes) is 2. The molecule has 1 aromatic heterocycles. The second-order valence-electron chi connectivity index (χ2n) is 8.40. The summed E-state index contributed by atoms with van der Waals surface area (Å²) in [4.78, 5) is 32.8. The molecule has 4 rings (SSSR count). The number of aryl methyl sites for hydroxylation is 1. The number of rotatable bonds is 10. The molecule has 0 bridgehead atoms. The van der Waals surface area contributed by atoms with Gasteiger partial charge in [-0.1, -0.05) is 90.6 Å². The van der Waals surface area contributed by atoms with Gasteiger partial charge in [-0.2, -0.15) is 0 Å². The van der Waals surface area contributed by atoms with Crippen molar-refractivity contribution in [2.24, 2.45) is 0 Å². The minimum atomic E-state index is -0.0354. The molecule has 1 saturated heterocycles. The van der Waals surface area contributed by atoms with Crippen molar-refractivity contribution >= 4 is 62.7 Å². The van der Waals surface area contributed by atoms with Gasteiger partial charge in [0.25, 0.3) is 5.91 Å². The number of benzene rings is 2. The van der Waals surface area contributed by atoms with Gasteiger partial charge in [0.15, 0.2) is 5.13 Å². The number of thiocarbonyl (C=S) groups is 1. The largest absolute Gasteiger partial charge is 0.302 e. The summed E-state index contributed by atoms with van der Waals surface area (Å²) in [5, 5.41) is 3.54. The molecule has 3 aromatic rings. The van der Waals surface area contributed by atoms with Crippen LogP contribution >= 0.6 is 35.3 Å². The Morgan fingerprint density at radius 2 is 1.86 bits per heavy atom. The Labute approximate surface area is 219 Å². The normalized spacial score (nSPS) is 14.7. The van der Waals surface area contributed by atoms with Crippen LogP contribution in [-0.4, -0.2) is 32.6 Å². The zero-order valence-corrected chi connectivity index (χ0v) is 22.0. The van der Waals surface area contributed by atoms with Crippen LogP contribution in [0.1, 0.15) is 47.3 Å².